The Morgan fingerprint density at radius 2 is 1.82 bits per heavy atom. The van der Waals surface area contributed by atoms with Gasteiger partial charge < -0.3 is 4.72 Å². The van der Waals surface area contributed by atoms with Crippen LogP contribution >= 0.6 is 15.9 Å². The molecule has 0 aliphatic rings. The van der Waals surface area contributed by atoms with Crippen molar-refractivity contribution in [2.45, 2.75) is 11.8 Å². The van der Waals surface area contributed by atoms with Crippen LogP contribution in [0.2, 0.25) is 0 Å². The van der Waals surface area contributed by atoms with E-state index in [1.807, 2.05) is 55.5 Å². The van der Waals surface area contributed by atoms with Gasteiger partial charge in [-0.3, -0.25) is 0 Å². The Kier molecular flexibility index (Phi) is 3.97. The lowest BCUT2D eigenvalue weighted by atomic mass is 10.2. The highest BCUT2D eigenvalue weighted by molar-refractivity contribution is 9.10. The number of halogens is 1. The number of anilines is 1. The zero-order valence-electron chi connectivity index (χ0n) is 9.31. The van der Waals surface area contributed by atoms with Crippen molar-refractivity contribution in [3.8, 4) is 0 Å². The second-order valence-electron chi connectivity index (χ2n) is 3.64. The number of aryl methyl sites for hydroxylation is 1. The average molecular weight is 310 g/mol. The van der Waals surface area contributed by atoms with E-state index in [0.29, 0.717) is 0 Å². The summed E-state index contributed by atoms with van der Waals surface area (Å²) < 4.78 is 16.1. The van der Waals surface area contributed by atoms with Gasteiger partial charge in [-0.25, -0.2) is 4.21 Å². The first-order chi connectivity index (χ1) is 8.16. The van der Waals surface area contributed by atoms with E-state index in [9.17, 15) is 4.21 Å². The fourth-order valence-corrected chi connectivity index (χ4v) is 2.87. The van der Waals surface area contributed by atoms with Crippen LogP contribution in [0.3, 0.4) is 0 Å². The summed E-state index contributed by atoms with van der Waals surface area (Å²) >= 11 is 3.40. The highest BCUT2D eigenvalue weighted by atomic mass is 79.9. The van der Waals surface area contributed by atoms with Crippen molar-refractivity contribution in [1.82, 2.24) is 0 Å². The number of rotatable bonds is 3. The summed E-state index contributed by atoms with van der Waals surface area (Å²) in [5.74, 6) is 0. The lowest BCUT2D eigenvalue weighted by Crippen LogP contribution is -2.05. The molecule has 0 fully saturated rings. The molecule has 1 atom stereocenters. The van der Waals surface area contributed by atoms with E-state index in [0.717, 1.165) is 20.6 Å². The molecule has 0 spiro atoms. The molecule has 0 aliphatic heterocycles. The lowest BCUT2D eigenvalue weighted by Gasteiger charge is -2.09. The molecule has 0 heterocycles. The van der Waals surface area contributed by atoms with E-state index in [4.69, 9.17) is 0 Å². The average Bonchev–Trinajstić information content (AvgIpc) is 2.34. The molecule has 0 aromatic heterocycles. The summed E-state index contributed by atoms with van der Waals surface area (Å²) in [5, 5.41) is 0. The Morgan fingerprint density at radius 1 is 1.12 bits per heavy atom. The molecule has 0 saturated carbocycles. The topological polar surface area (TPSA) is 29.1 Å². The van der Waals surface area contributed by atoms with E-state index in [1.165, 1.54) is 0 Å². The molecule has 88 valence electrons. The van der Waals surface area contributed by atoms with Gasteiger partial charge in [0.15, 0.2) is 0 Å². The van der Waals surface area contributed by atoms with E-state index in [1.54, 1.807) is 0 Å². The molecule has 0 radical (unpaired) electrons. The van der Waals surface area contributed by atoms with Crippen LogP contribution in [0.1, 0.15) is 5.56 Å². The van der Waals surface area contributed by atoms with Gasteiger partial charge in [-0.15, -0.1) is 0 Å². The molecule has 2 aromatic carbocycles. The SMILES string of the molecule is Cc1cc(Br)ccc1NS(=O)c1ccccc1. The summed E-state index contributed by atoms with van der Waals surface area (Å²) in [7, 11) is -1.22. The maximum Gasteiger partial charge on any atom is 0.150 e. The number of nitrogens with one attached hydrogen (secondary N) is 1. The number of benzene rings is 2. The molecule has 17 heavy (non-hydrogen) atoms. The summed E-state index contributed by atoms with van der Waals surface area (Å²) in [5.41, 5.74) is 1.94. The van der Waals surface area contributed by atoms with Crippen molar-refractivity contribution in [3.63, 3.8) is 0 Å². The van der Waals surface area contributed by atoms with Crippen LogP contribution in [0.15, 0.2) is 57.9 Å². The first-order valence-electron chi connectivity index (χ1n) is 5.16. The van der Waals surface area contributed by atoms with Crippen molar-refractivity contribution >= 4 is 32.6 Å². The fraction of sp³-hybridized carbons (Fsp3) is 0.0769. The maximum atomic E-state index is 12.0. The predicted octanol–water partition coefficient (Wildman–Crippen LogP) is 3.89. The fourth-order valence-electron chi connectivity index (χ4n) is 1.44. The van der Waals surface area contributed by atoms with Crippen LogP contribution in [-0.4, -0.2) is 4.21 Å². The lowest BCUT2D eigenvalue weighted by molar-refractivity contribution is 0.686. The number of hydrogen-bond acceptors (Lipinski definition) is 1. The maximum absolute atomic E-state index is 12.0. The monoisotopic (exact) mass is 309 g/mol. The standard InChI is InChI=1S/C13H12BrNOS/c1-10-9-11(14)7-8-13(10)15-17(16)12-5-3-2-4-6-12/h2-9,15H,1H3. The first kappa shape index (κ1) is 12.3. The molecule has 0 saturated heterocycles. The van der Waals surface area contributed by atoms with E-state index in [-0.39, 0.29) is 0 Å². The third kappa shape index (κ3) is 3.17. The minimum atomic E-state index is -1.22. The third-order valence-corrected chi connectivity index (χ3v) is 3.95. The Bertz CT molecular complexity index is 542. The van der Waals surface area contributed by atoms with Crippen molar-refractivity contribution in [2.75, 3.05) is 4.72 Å². The molecule has 4 heteroatoms. The molecule has 0 bridgehead atoms. The molecule has 0 amide bonds. The Labute approximate surface area is 112 Å². The number of hydrogen-bond donors (Lipinski definition) is 1. The van der Waals surface area contributed by atoms with Gasteiger partial charge >= 0.3 is 0 Å². The van der Waals surface area contributed by atoms with Gasteiger partial charge in [0.2, 0.25) is 0 Å². The predicted molar refractivity (Wildman–Crippen MR) is 75.4 cm³/mol. The van der Waals surface area contributed by atoms with Crippen LogP contribution in [0, 0.1) is 6.92 Å². The van der Waals surface area contributed by atoms with Gasteiger partial charge in [0.1, 0.15) is 11.0 Å². The van der Waals surface area contributed by atoms with Crippen LogP contribution in [0.4, 0.5) is 5.69 Å². The minimum absolute atomic E-state index is 0.773. The summed E-state index contributed by atoms with van der Waals surface area (Å²) in [4.78, 5) is 0.773. The van der Waals surface area contributed by atoms with Crippen LogP contribution in [0.5, 0.6) is 0 Å². The molecule has 2 aromatic rings. The largest absolute Gasteiger partial charge is 0.301 e. The Balaban J connectivity index is 2.19. The van der Waals surface area contributed by atoms with Crippen molar-refractivity contribution in [1.29, 1.82) is 0 Å². The highest BCUT2D eigenvalue weighted by Crippen LogP contribution is 2.21. The molecule has 1 N–H and O–H groups in total. The molecule has 0 aliphatic carbocycles. The minimum Gasteiger partial charge on any atom is -0.301 e. The van der Waals surface area contributed by atoms with E-state index in [2.05, 4.69) is 20.7 Å². The zero-order chi connectivity index (χ0) is 12.3. The second-order valence-corrected chi connectivity index (χ2v) is 5.77. The van der Waals surface area contributed by atoms with Crippen LogP contribution in [0.25, 0.3) is 0 Å². The van der Waals surface area contributed by atoms with Gasteiger partial charge in [0.05, 0.1) is 4.90 Å². The molecule has 1 unspecified atom stereocenters. The van der Waals surface area contributed by atoms with E-state index >= 15 is 0 Å². The first-order valence-corrected chi connectivity index (χ1v) is 7.11. The smallest absolute Gasteiger partial charge is 0.150 e. The van der Waals surface area contributed by atoms with E-state index < -0.39 is 11.0 Å². The summed E-state index contributed by atoms with van der Waals surface area (Å²) in [6, 6.07) is 15.2. The molecular weight excluding hydrogens is 298 g/mol. The van der Waals surface area contributed by atoms with Crippen molar-refractivity contribution in [3.05, 3.63) is 58.6 Å². The quantitative estimate of drug-likeness (QED) is 0.915. The highest BCUT2D eigenvalue weighted by Gasteiger charge is 2.05. The van der Waals surface area contributed by atoms with Gasteiger partial charge in [0.25, 0.3) is 0 Å². The van der Waals surface area contributed by atoms with Crippen LogP contribution < -0.4 is 4.72 Å². The summed E-state index contributed by atoms with van der Waals surface area (Å²) in [6.45, 7) is 1.98. The van der Waals surface area contributed by atoms with Gasteiger partial charge in [-0.2, -0.15) is 0 Å². The van der Waals surface area contributed by atoms with Gasteiger partial charge in [0, 0.05) is 10.2 Å². The van der Waals surface area contributed by atoms with Gasteiger partial charge in [-0.1, -0.05) is 34.1 Å². The van der Waals surface area contributed by atoms with Crippen molar-refractivity contribution < 1.29 is 4.21 Å². The van der Waals surface area contributed by atoms with Gasteiger partial charge in [-0.05, 0) is 42.8 Å². The third-order valence-electron chi connectivity index (χ3n) is 2.35. The Morgan fingerprint density at radius 3 is 2.47 bits per heavy atom. The van der Waals surface area contributed by atoms with Crippen LogP contribution in [-0.2, 0) is 11.0 Å². The molecule has 2 rings (SSSR count). The second kappa shape index (κ2) is 5.47. The zero-order valence-corrected chi connectivity index (χ0v) is 11.7. The van der Waals surface area contributed by atoms with Crippen molar-refractivity contribution in [2.24, 2.45) is 0 Å². The molecule has 2 nitrogen and oxygen atoms in total. The molecular formula is C13H12BrNOS. The Hall–Kier alpha value is -1.13. The summed E-state index contributed by atoms with van der Waals surface area (Å²) in [6.07, 6.45) is 0. The normalized spacial score (nSPS) is 12.1.